The molecule has 9 heteroatoms. The van der Waals surface area contributed by atoms with Crippen molar-refractivity contribution in [3.05, 3.63) is 119 Å². The number of ketones is 1. The summed E-state index contributed by atoms with van der Waals surface area (Å²) in [5.74, 6) is -1.30. The Morgan fingerprint density at radius 1 is 1.03 bits per heavy atom. The van der Waals surface area contributed by atoms with Crippen molar-refractivity contribution in [2.45, 2.75) is 12.6 Å². The van der Waals surface area contributed by atoms with E-state index in [1.165, 1.54) is 10.4 Å². The van der Waals surface area contributed by atoms with E-state index in [1.807, 2.05) is 42.5 Å². The number of ether oxygens (including phenoxy) is 1. The molecule has 0 fully saturated rings. The van der Waals surface area contributed by atoms with Gasteiger partial charge in [-0.15, -0.1) is 10.2 Å². The average molecular weight is 510 g/mol. The Bertz CT molecular complexity index is 1590. The highest BCUT2D eigenvalue weighted by molar-refractivity contribution is 7.13. The molecule has 0 spiro atoms. The first-order valence-electron chi connectivity index (χ1n) is 11.4. The second-order valence-corrected chi connectivity index (χ2v) is 9.19. The van der Waals surface area contributed by atoms with Crippen molar-refractivity contribution in [1.29, 1.82) is 0 Å². The molecule has 1 N–H and O–H groups in total. The maximum Gasteiger partial charge on any atom is 0.296 e. The molecule has 2 aromatic heterocycles. The van der Waals surface area contributed by atoms with E-state index >= 15 is 0 Å². The van der Waals surface area contributed by atoms with Crippen molar-refractivity contribution < 1.29 is 23.8 Å². The molecule has 1 aliphatic rings. The van der Waals surface area contributed by atoms with Crippen LogP contribution in [-0.4, -0.2) is 27.0 Å². The van der Waals surface area contributed by atoms with Gasteiger partial charge in [0.15, 0.2) is 11.5 Å². The largest absolute Gasteiger partial charge is 0.503 e. The van der Waals surface area contributed by atoms with E-state index in [0.29, 0.717) is 23.5 Å². The van der Waals surface area contributed by atoms with Crippen LogP contribution in [0.1, 0.15) is 27.7 Å². The van der Waals surface area contributed by atoms with E-state index in [-0.39, 0.29) is 16.5 Å². The molecule has 1 aliphatic heterocycles. The molecule has 5 aromatic rings. The third kappa shape index (κ3) is 4.15. The van der Waals surface area contributed by atoms with Crippen molar-refractivity contribution in [1.82, 2.24) is 10.2 Å². The number of carbonyl (C=O) groups is 2. The number of anilines is 1. The fourth-order valence-corrected chi connectivity index (χ4v) is 4.92. The number of hydrogen-bond donors (Lipinski definition) is 1. The highest BCUT2D eigenvalue weighted by Gasteiger charge is 2.46. The van der Waals surface area contributed by atoms with E-state index in [4.69, 9.17) is 9.15 Å². The van der Waals surface area contributed by atoms with Gasteiger partial charge in [0.1, 0.15) is 23.4 Å². The summed E-state index contributed by atoms with van der Waals surface area (Å²) in [4.78, 5) is 28.1. The zero-order valence-corrected chi connectivity index (χ0v) is 20.1. The first-order valence-corrected chi connectivity index (χ1v) is 12.3. The highest BCUT2D eigenvalue weighted by Crippen LogP contribution is 2.43. The second-order valence-electron chi connectivity index (χ2n) is 8.38. The lowest BCUT2D eigenvalue weighted by Gasteiger charge is -2.24. The molecule has 37 heavy (non-hydrogen) atoms. The summed E-state index contributed by atoms with van der Waals surface area (Å²) in [6.07, 6.45) is 0. The van der Waals surface area contributed by atoms with Gasteiger partial charge in [-0.1, -0.05) is 72.0 Å². The van der Waals surface area contributed by atoms with Gasteiger partial charge < -0.3 is 14.3 Å². The number of aliphatic hydroxyl groups is 1. The molecule has 3 aromatic carbocycles. The van der Waals surface area contributed by atoms with Gasteiger partial charge >= 0.3 is 0 Å². The first kappa shape index (κ1) is 22.7. The number of benzene rings is 3. The number of rotatable bonds is 7. The fraction of sp³-hybridized carbons (Fsp3) is 0.0714. The molecule has 1 atom stereocenters. The Morgan fingerprint density at radius 2 is 1.78 bits per heavy atom. The Labute approximate surface area is 215 Å². The van der Waals surface area contributed by atoms with Gasteiger partial charge in [0.25, 0.3) is 5.91 Å². The summed E-state index contributed by atoms with van der Waals surface area (Å²) >= 11 is 1.13. The van der Waals surface area contributed by atoms with Crippen molar-refractivity contribution in [2.75, 3.05) is 4.90 Å². The molecular formula is C28H19N3O5S. The second kappa shape index (κ2) is 9.36. The van der Waals surface area contributed by atoms with E-state index in [0.717, 1.165) is 22.3 Å². The van der Waals surface area contributed by atoms with E-state index in [9.17, 15) is 14.7 Å². The lowest BCUT2D eigenvalue weighted by Crippen LogP contribution is -2.31. The van der Waals surface area contributed by atoms with Gasteiger partial charge in [0, 0.05) is 5.39 Å². The maximum absolute atomic E-state index is 13.6. The summed E-state index contributed by atoms with van der Waals surface area (Å²) in [7, 11) is 0. The topological polar surface area (TPSA) is 106 Å². The Balaban J connectivity index is 1.36. The van der Waals surface area contributed by atoms with Crippen LogP contribution in [0.25, 0.3) is 11.0 Å². The number of fused-ring (bicyclic) bond motifs is 1. The van der Waals surface area contributed by atoms with Crippen molar-refractivity contribution in [2.24, 2.45) is 0 Å². The molecule has 6 rings (SSSR count). The maximum atomic E-state index is 13.6. The van der Waals surface area contributed by atoms with Crippen LogP contribution in [0.2, 0.25) is 0 Å². The number of aliphatic hydroxyl groups excluding tert-OH is 1. The number of furan rings is 1. The number of hydrogen-bond acceptors (Lipinski definition) is 8. The number of amides is 1. The van der Waals surface area contributed by atoms with E-state index in [2.05, 4.69) is 10.2 Å². The Kier molecular flexibility index (Phi) is 5.74. The lowest BCUT2D eigenvalue weighted by molar-refractivity contribution is -0.117. The minimum atomic E-state index is -0.927. The van der Waals surface area contributed by atoms with Gasteiger partial charge in [-0.2, -0.15) is 0 Å². The fourth-order valence-electron chi connectivity index (χ4n) is 4.34. The van der Waals surface area contributed by atoms with Crippen LogP contribution in [0.5, 0.6) is 5.75 Å². The lowest BCUT2D eigenvalue weighted by atomic mass is 9.95. The summed E-state index contributed by atoms with van der Waals surface area (Å²) in [5, 5.41) is 19.7. The SMILES string of the molecule is O=C(C1=C(O)C(=O)N(c2nncs2)C1c1ccc(OCc2ccccc2)cc1)c1cc2ccccc2o1. The van der Waals surface area contributed by atoms with Gasteiger partial charge in [0.2, 0.25) is 10.9 Å². The number of para-hydroxylation sites is 1. The smallest absolute Gasteiger partial charge is 0.296 e. The molecule has 0 aliphatic carbocycles. The monoisotopic (exact) mass is 509 g/mol. The van der Waals surface area contributed by atoms with Crippen LogP contribution in [0.15, 0.2) is 106 Å². The highest BCUT2D eigenvalue weighted by atomic mass is 32.1. The third-order valence-electron chi connectivity index (χ3n) is 6.10. The summed E-state index contributed by atoms with van der Waals surface area (Å²) in [6, 6.07) is 24.7. The first-order chi connectivity index (χ1) is 18.1. The predicted molar refractivity (Wildman–Crippen MR) is 138 cm³/mol. The van der Waals surface area contributed by atoms with Crippen LogP contribution in [0.4, 0.5) is 5.13 Å². The summed E-state index contributed by atoms with van der Waals surface area (Å²) in [6.45, 7) is 0.398. The normalized spacial score (nSPS) is 15.5. The molecule has 0 radical (unpaired) electrons. The molecule has 8 nitrogen and oxygen atoms in total. The molecule has 0 saturated heterocycles. The molecule has 0 bridgehead atoms. The van der Waals surface area contributed by atoms with Gasteiger partial charge in [-0.25, -0.2) is 0 Å². The Hall–Kier alpha value is -4.76. The quantitative estimate of drug-likeness (QED) is 0.283. The van der Waals surface area contributed by atoms with Crippen molar-refractivity contribution in [3.63, 3.8) is 0 Å². The van der Waals surface area contributed by atoms with E-state index < -0.39 is 23.5 Å². The third-order valence-corrected chi connectivity index (χ3v) is 6.79. The summed E-state index contributed by atoms with van der Waals surface area (Å²) < 4.78 is 11.6. The minimum Gasteiger partial charge on any atom is -0.503 e. The van der Waals surface area contributed by atoms with Crippen molar-refractivity contribution in [3.8, 4) is 5.75 Å². The van der Waals surface area contributed by atoms with Crippen LogP contribution >= 0.6 is 11.3 Å². The molecular weight excluding hydrogens is 490 g/mol. The van der Waals surface area contributed by atoms with Gasteiger partial charge in [-0.3, -0.25) is 14.5 Å². The van der Waals surface area contributed by atoms with Crippen LogP contribution in [0.3, 0.4) is 0 Å². The summed E-state index contributed by atoms with van der Waals surface area (Å²) in [5.41, 5.74) is 3.56. The van der Waals surface area contributed by atoms with Gasteiger partial charge in [0.05, 0.1) is 11.6 Å². The van der Waals surface area contributed by atoms with Crippen LogP contribution in [0, 0.1) is 0 Å². The zero-order valence-electron chi connectivity index (χ0n) is 19.3. The van der Waals surface area contributed by atoms with Crippen LogP contribution in [-0.2, 0) is 11.4 Å². The van der Waals surface area contributed by atoms with Crippen molar-refractivity contribution >= 4 is 39.1 Å². The minimum absolute atomic E-state index is 0.0301. The van der Waals surface area contributed by atoms with Gasteiger partial charge in [-0.05, 0) is 35.4 Å². The number of aromatic nitrogens is 2. The van der Waals surface area contributed by atoms with E-state index in [1.54, 1.807) is 42.5 Å². The molecule has 1 amide bonds. The predicted octanol–water partition coefficient (Wildman–Crippen LogP) is 5.65. The molecule has 1 unspecified atom stereocenters. The number of Topliss-reactive ketones (excluding diaryl/α,β-unsaturated/α-hetero) is 1. The van der Waals surface area contributed by atoms with Crippen LogP contribution < -0.4 is 9.64 Å². The Morgan fingerprint density at radius 3 is 2.51 bits per heavy atom. The molecule has 0 saturated carbocycles. The molecule has 3 heterocycles. The average Bonchev–Trinajstić information content (AvgIpc) is 3.67. The standard InChI is InChI=1S/C28H19N3O5S/c32-25(22-14-19-8-4-5-9-21(19)36-22)23-24(31(27(34)26(23)33)28-30-29-16-37-28)18-10-12-20(13-11-18)35-15-17-6-2-1-3-7-17/h1-14,16,24,33H,15H2. The number of nitrogens with zero attached hydrogens (tertiary/aromatic N) is 3. The molecule has 182 valence electrons. The number of carbonyl (C=O) groups excluding carboxylic acids is 2. The zero-order chi connectivity index (χ0) is 25.4.